The molecule has 156 valence electrons. The summed E-state index contributed by atoms with van der Waals surface area (Å²) in [5.74, 6) is 0.190. The number of rotatable bonds is 6. The number of aromatic nitrogens is 1. The number of nitrogens with zero attached hydrogens (tertiary/aromatic N) is 2. The van der Waals surface area contributed by atoms with Gasteiger partial charge in [-0.25, -0.2) is 8.42 Å². The molecular weight excluding hydrogens is 392 g/mol. The van der Waals surface area contributed by atoms with E-state index >= 15 is 0 Å². The fourth-order valence-electron chi connectivity index (χ4n) is 3.35. The summed E-state index contributed by atoms with van der Waals surface area (Å²) < 4.78 is 32.1. The molecular formula is C21H26N2O5S. The Morgan fingerprint density at radius 3 is 2.41 bits per heavy atom. The van der Waals surface area contributed by atoms with Gasteiger partial charge >= 0.3 is 0 Å². The monoisotopic (exact) mass is 418 g/mol. The van der Waals surface area contributed by atoms with Gasteiger partial charge < -0.3 is 14.2 Å². The molecule has 0 bridgehead atoms. The van der Waals surface area contributed by atoms with Crippen LogP contribution in [0.3, 0.4) is 0 Å². The third-order valence-electron chi connectivity index (χ3n) is 5.26. The van der Waals surface area contributed by atoms with E-state index in [4.69, 9.17) is 4.74 Å². The number of hydrogen-bond acceptors (Lipinski definition) is 5. The molecule has 1 amide bonds. The van der Waals surface area contributed by atoms with E-state index < -0.39 is 9.84 Å². The average Bonchev–Trinajstić information content (AvgIpc) is 2.71. The van der Waals surface area contributed by atoms with Gasteiger partial charge in [0.15, 0.2) is 9.84 Å². The van der Waals surface area contributed by atoms with E-state index in [0.717, 1.165) is 5.69 Å². The molecule has 8 heteroatoms. The van der Waals surface area contributed by atoms with Crippen LogP contribution in [0.4, 0.5) is 0 Å². The summed E-state index contributed by atoms with van der Waals surface area (Å²) in [6.07, 6.45) is 1.19. The molecule has 7 nitrogen and oxygen atoms in total. The van der Waals surface area contributed by atoms with Crippen LogP contribution < -0.4 is 10.3 Å². The Morgan fingerprint density at radius 2 is 1.79 bits per heavy atom. The van der Waals surface area contributed by atoms with Gasteiger partial charge in [0.2, 0.25) is 5.91 Å². The Morgan fingerprint density at radius 1 is 1.14 bits per heavy atom. The number of likely N-dealkylation sites (tertiary alicyclic amines) is 1. The molecule has 3 rings (SSSR count). The zero-order valence-corrected chi connectivity index (χ0v) is 17.5. The number of sulfone groups is 1. The zero-order chi connectivity index (χ0) is 21.0. The van der Waals surface area contributed by atoms with Gasteiger partial charge in [-0.3, -0.25) is 9.59 Å². The lowest BCUT2D eigenvalue weighted by atomic mass is 10.1. The van der Waals surface area contributed by atoms with Crippen LogP contribution >= 0.6 is 0 Å². The molecule has 1 saturated heterocycles. The van der Waals surface area contributed by atoms with Gasteiger partial charge in [0.05, 0.1) is 10.6 Å². The van der Waals surface area contributed by atoms with E-state index in [1.165, 1.54) is 6.07 Å². The Bertz CT molecular complexity index is 1020. The Hall–Kier alpha value is -2.61. The summed E-state index contributed by atoms with van der Waals surface area (Å²) in [5.41, 5.74) is 0.701. The van der Waals surface area contributed by atoms with Crippen molar-refractivity contribution in [2.75, 3.05) is 18.8 Å². The van der Waals surface area contributed by atoms with Crippen molar-refractivity contribution in [3.8, 4) is 5.75 Å². The van der Waals surface area contributed by atoms with Crippen molar-refractivity contribution in [2.45, 2.75) is 37.2 Å². The molecule has 1 aliphatic heterocycles. The number of aryl methyl sites for hydroxylation is 1. The highest BCUT2D eigenvalue weighted by atomic mass is 32.2. The number of piperidine rings is 1. The smallest absolute Gasteiger partial charge is 0.254 e. The number of ether oxygens (including phenoxy) is 1. The minimum Gasteiger partial charge on any atom is -0.490 e. The molecule has 29 heavy (non-hydrogen) atoms. The van der Waals surface area contributed by atoms with Crippen LogP contribution in [0, 0.1) is 6.92 Å². The van der Waals surface area contributed by atoms with E-state index in [1.807, 2.05) is 13.0 Å². The first-order valence-corrected chi connectivity index (χ1v) is 11.3. The lowest BCUT2D eigenvalue weighted by molar-refractivity contribution is -0.132. The van der Waals surface area contributed by atoms with Crippen molar-refractivity contribution in [3.63, 3.8) is 0 Å². The Kier molecular flexibility index (Phi) is 6.42. The second-order valence-corrected chi connectivity index (χ2v) is 9.42. The first-order valence-electron chi connectivity index (χ1n) is 9.66. The predicted octanol–water partition coefficient (Wildman–Crippen LogP) is 1.93. The molecule has 0 saturated carbocycles. The largest absolute Gasteiger partial charge is 0.490 e. The van der Waals surface area contributed by atoms with Crippen LogP contribution in [-0.4, -0.2) is 48.7 Å². The summed E-state index contributed by atoms with van der Waals surface area (Å²) in [6, 6.07) is 11.5. The van der Waals surface area contributed by atoms with Crippen LogP contribution in [0.1, 0.15) is 25.0 Å². The summed E-state index contributed by atoms with van der Waals surface area (Å²) in [6.45, 7) is 2.87. The third-order valence-corrected chi connectivity index (χ3v) is 6.99. The molecule has 1 fully saturated rings. The first kappa shape index (κ1) is 21.1. The summed E-state index contributed by atoms with van der Waals surface area (Å²) in [7, 11) is -1.75. The van der Waals surface area contributed by atoms with Crippen molar-refractivity contribution < 1.29 is 17.9 Å². The van der Waals surface area contributed by atoms with Crippen molar-refractivity contribution in [1.29, 1.82) is 0 Å². The van der Waals surface area contributed by atoms with E-state index in [9.17, 15) is 18.0 Å². The van der Waals surface area contributed by atoms with Gasteiger partial charge in [0.25, 0.3) is 5.56 Å². The highest BCUT2D eigenvalue weighted by Gasteiger charge is 2.25. The number of pyridine rings is 1. The number of carbonyl (C=O) groups excluding carboxylic acids is 1. The van der Waals surface area contributed by atoms with Crippen LogP contribution in [0.25, 0.3) is 0 Å². The highest BCUT2D eigenvalue weighted by molar-refractivity contribution is 7.91. The van der Waals surface area contributed by atoms with Gasteiger partial charge in [0.1, 0.15) is 11.9 Å². The standard InChI is InChI=1S/C21H26N2O5S/c1-16-14-18(15-21(25)22(16)2)28-17-8-11-23(12-9-17)20(24)10-13-29(26,27)19-6-4-3-5-7-19/h3-7,14-15,17H,8-13H2,1-2H3. The van der Waals surface area contributed by atoms with Crippen LogP contribution in [0.5, 0.6) is 5.75 Å². The molecule has 1 aromatic carbocycles. The molecule has 0 atom stereocenters. The second-order valence-electron chi connectivity index (χ2n) is 7.31. The molecule has 2 aromatic rings. The number of carbonyl (C=O) groups is 1. The molecule has 0 spiro atoms. The van der Waals surface area contributed by atoms with Crippen molar-refractivity contribution in [2.24, 2.45) is 7.05 Å². The van der Waals surface area contributed by atoms with Gasteiger partial charge in [-0.2, -0.15) is 0 Å². The lowest BCUT2D eigenvalue weighted by Gasteiger charge is -2.32. The molecule has 0 unspecified atom stereocenters. The molecule has 0 aliphatic carbocycles. The Balaban J connectivity index is 1.50. The van der Waals surface area contributed by atoms with Crippen LogP contribution in [-0.2, 0) is 21.7 Å². The molecule has 0 N–H and O–H groups in total. The minimum absolute atomic E-state index is 0.0311. The van der Waals surface area contributed by atoms with E-state index in [-0.39, 0.29) is 34.6 Å². The molecule has 1 aliphatic rings. The van der Waals surface area contributed by atoms with Gasteiger partial charge in [-0.15, -0.1) is 0 Å². The van der Waals surface area contributed by atoms with Crippen molar-refractivity contribution in [3.05, 3.63) is 58.5 Å². The molecule has 2 heterocycles. The molecule has 0 radical (unpaired) electrons. The number of amides is 1. The fourth-order valence-corrected chi connectivity index (χ4v) is 4.60. The topological polar surface area (TPSA) is 85.7 Å². The fraction of sp³-hybridized carbons (Fsp3) is 0.429. The third kappa shape index (κ3) is 5.26. The highest BCUT2D eigenvalue weighted by Crippen LogP contribution is 2.20. The summed E-state index contributed by atoms with van der Waals surface area (Å²) in [5, 5.41) is 0. The van der Waals surface area contributed by atoms with Crippen molar-refractivity contribution in [1.82, 2.24) is 9.47 Å². The predicted molar refractivity (Wildman–Crippen MR) is 110 cm³/mol. The van der Waals surface area contributed by atoms with E-state index in [0.29, 0.717) is 31.7 Å². The van der Waals surface area contributed by atoms with Gasteiger partial charge in [-0.1, -0.05) is 18.2 Å². The minimum atomic E-state index is -3.46. The number of benzene rings is 1. The van der Waals surface area contributed by atoms with E-state index in [1.54, 1.807) is 46.8 Å². The maximum atomic E-state index is 12.4. The molecule has 1 aromatic heterocycles. The van der Waals surface area contributed by atoms with Gasteiger partial charge in [-0.05, 0) is 25.1 Å². The van der Waals surface area contributed by atoms with Crippen LogP contribution in [0.2, 0.25) is 0 Å². The average molecular weight is 419 g/mol. The summed E-state index contributed by atoms with van der Waals surface area (Å²) in [4.78, 5) is 26.3. The maximum Gasteiger partial charge on any atom is 0.254 e. The van der Waals surface area contributed by atoms with E-state index in [2.05, 4.69) is 0 Å². The zero-order valence-electron chi connectivity index (χ0n) is 16.7. The van der Waals surface area contributed by atoms with Crippen molar-refractivity contribution >= 4 is 15.7 Å². The quantitative estimate of drug-likeness (QED) is 0.716. The van der Waals surface area contributed by atoms with Gasteiger partial charge in [0, 0.05) is 51.2 Å². The second kappa shape index (κ2) is 8.82. The van der Waals surface area contributed by atoms with Crippen LogP contribution in [0.15, 0.2) is 52.2 Å². The lowest BCUT2D eigenvalue weighted by Crippen LogP contribution is -2.42. The first-order chi connectivity index (χ1) is 13.8. The number of hydrogen-bond donors (Lipinski definition) is 0. The summed E-state index contributed by atoms with van der Waals surface area (Å²) >= 11 is 0. The maximum absolute atomic E-state index is 12.4. The Labute approximate surface area is 170 Å². The normalized spacial score (nSPS) is 15.3. The SMILES string of the molecule is Cc1cc(OC2CCN(C(=O)CCS(=O)(=O)c3ccccc3)CC2)cc(=O)n1C.